The maximum atomic E-state index is 11.5. The van der Waals surface area contributed by atoms with Gasteiger partial charge in [-0.05, 0) is 42.3 Å². The molecule has 2 aromatic carbocycles. The highest BCUT2D eigenvalue weighted by Crippen LogP contribution is 2.38. The van der Waals surface area contributed by atoms with Crippen molar-refractivity contribution < 1.29 is 19.0 Å². The lowest BCUT2D eigenvalue weighted by Crippen LogP contribution is -2.28. The summed E-state index contributed by atoms with van der Waals surface area (Å²) in [6.07, 6.45) is 3.92. The second-order valence-electron chi connectivity index (χ2n) is 5.40. The number of rotatable bonds is 7. The molecule has 6 heteroatoms. The van der Waals surface area contributed by atoms with E-state index in [-0.39, 0.29) is 6.03 Å². The van der Waals surface area contributed by atoms with Crippen molar-refractivity contribution in [2.45, 2.75) is 6.92 Å². The van der Waals surface area contributed by atoms with Gasteiger partial charge in [-0.3, -0.25) is 0 Å². The van der Waals surface area contributed by atoms with E-state index in [2.05, 4.69) is 10.6 Å². The fraction of sp³-hybridized carbons (Fsp3) is 0.250. The Hall–Kier alpha value is -3.15. The molecule has 2 N–H and O–H groups in total. The van der Waals surface area contributed by atoms with Gasteiger partial charge in [-0.15, -0.1) is 0 Å². The molecule has 0 aromatic heterocycles. The van der Waals surface area contributed by atoms with E-state index in [1.165, 1.54) is 0 Å². The van der Waals surface area contributed by atoms with Gasteiger partial charge in [-0.2, -0.15) is 0 Å². The molecule has 0 saturated heterocycles. The van der Waals surface area contributed by atoms with Crippen LogP contribution in [0.2, 0.25) is 0 Å². The van der Waals surface area contributed by atoms with Crippen LogP contribution < -0.4 is 24.8 Å². The lowest BCUT2D eigenvalue weighted by atomic mass is 10.1. The Morgan fingerprint density at radius 2 is 1.50 bits per heavy atom. The number of nitrogens with one attached hydrogen (secondary N) is 2. The number of ether oxygens (including phenoxy) is 3. The number of hydrogen-bond acceptors (Lipinski definition) is 4. The highest BCUT2D eigenvalue weighted by molar-refractivity contribution is 5.89. The predicted octanol–water partition coefficient (Wildman–Crippen LogP) is 4.02. The van der Waals surface area contributed by atoms with E-state index in [1.54, 1.807) is 21.3 Å². The highest BCUT2D eigenvalue weighted by atomic mass is 16.5. The van der Waals surface area contributed by atoms with E-state index in [1.807, 2.05) is 55.5 Å². The Morgan fingerprint density at radius 1 is 0.923 bits per heavy atom. The van der Waals surface area contributed by atoms with Crippen LogP contribution >= 0.6 is 0 Å². The number of urea groups is 1. The molecular weight excluding hydrogens is 332 g/mol. The lowest BCUT2D eigenvalue weighted by molar-refractivity contribution is 0.252. The first kappa shape index (κ1) is 19.2. The van der Waals surface area contributed by atoms with Gasteiger partial charge in [0.15, 0.2) is 11.5 Å². The molecule has 26 heavy (non-hydrogen) atoms. The van der Waals surface area contributed by atoms with Gasteiger partial charge in [-0.1, -0.05) is 24.3 Å². The Balaban J connectivity index is 2.15. The van der Waals surface area contributed by atoms with Crippen molar-refractivity contribution >= 4 is 23.9 Å². The Kier molecular flexibility index (Phi) is 6.91. The van der Waals surface area contributed by atoms with Crippen LogP contribution in [0.1, 0.15) is 18.1 Å². The molecule has 2 amide bonds. The standard InChI is InChI=1S/C20H24N2O4/c1-5-21-20(23)22-16-10-8-14(9-11-16)6-7-15-12-17(24-2)19(26-4)18(13-15)25-3/h6-13H,5H2,1-4H3,(H2,21,22,23)/b7-6-. The van der Waals surface area contributed by atoms with Gasteiger partial charge < -0.3 is 24.8 Å². The summed E-state index contributed by atoms with van der Waals surface area (Å²) in [6.45, 7) is 2.46. The maximum Gasteiger partial charge on any atom is 0.319 e. The fourth-order valence-corrected chi connectivity index (χ4v) is 2.40. The minimum atomic E-state index is -0.215. The molecule has 0 aliphatic heterocycles. The van der Waals surface area contributed by atoms with Crippen molar-refractivity contribution in [1.29, 1.82) is 0 Å². The van der Waals surface area contributed by atoms with Gasteiger partial charge in [0.1, 0.15) is 0 Å². The van der Waals surface area contributed by atoms with E-state index in [0.29, 0.717) is 23.8 Å². The number of hydrogen-bond donors (Lipinski definition) is 2. The van der Waals surface area contributed by atoms with Crippen molar-refractivity contribution in [2.24, 2.45) is 0 Å². The van der Waals surface area contributed by atoms with Gasteiger partial charge in [0.2, 0.25) is 5.75 Å². The number of carbonyl (C=O) groups is 1. The smallest absolute Gasteiger partial charge is 0.319 e. The molecule has 2 rings (SSSR count). The summed E-state index contributed by atoms with van der Waals surface area (Å²) >= 11 is 0. The molecule has 138 valence electrons. The van der Waals surface area contributed by atoms with Crippen molar-refractivity contribution in [3.63, 3.8) is 0 Å². The minimum Gasteiger partial charge on any atom is -0.493 e. The molecule has 2 aromatic rings. The Labute approximate surface area is 153 Å². The van der Waals surface area contributed by atoms with Crippen LogP contribution in [0.5, 0.6) is 17.2 Å². The zero-order valence-electron chi connectivity index (χ0n) is 15.5. The molecule has 0 radical (unpaired) electrons. The minimum absolute atomic E-state index is 0.215. The van der Waals surface area contributed by atoms with Crippen LogP contribution in [-0.4, -0.2) is 33.9 Å². The summed E-state index contributed by atoms with van der Waals surface area (Å²) in [5.41, 5.74) is 2.66. The first-order valence-corrected chi connectivity index (χ1v) is 8.24. The van der Waals surface area contributed by atoms with Crippen molar-refractivity contribution in [3.05, 3.63) is 47.5 Å². The largest absolute Gasteiger partial charge is 0.493 e. The average Bonchev–Trinajstić information content (AvgIpc) is 2.66. The van der Waals surface area contributed by atoms with Crippen LogP contribution in [0.25, 0.3) is 12.2 Å². The number of amides is 2. The number of methoxy groups -OCH3 is 3. The van der Waals surface area contributed by atoms with Gasteiger partial charge in [0.05, 0.1) is 21.3 Å². The van der Waals surface area contributed by atoms with Crippen LogP contribution in [0.15, 0.2) is 36.4 Å². The highest BCUT2D eigenvalue weighted by Gasteiger charge is 2.11. The summed E-state index contributed by atoms with van der Waals surface area (Å²) in [4.78, 5) is 11.5. The molecule has 0 unspecified atom stereocenters. The van der Waals surface area contributed by atoms with Gasteiger partial charge >= 0.3 is 6.03 Å². The van der Waals surface area contributed by atoms with E-state index < -0.39 is 0 Å². The summed E-state index contributed by atoms with van der Waals surface area (Å²) in [7, 11) is 4.75. The maximum absolute atomic E-state index is 11.5. The fourth-order valence-electron chi connectivity index (χ4n) is 2.40. The molecule has 0 heterocycles. The topological polar surface area (TPSA) is 68.8 Å². The third-order valence-electron chi connectivity index (χ3n) is 3.66. The average molecular weight is 356 g/mol. The summed E-state index contributed by atoms with van der Waals surface area (Å²) in [5.74, 6) is 1.77. The normalized spacial score (nSPS) is 10.5. The molecule has 0 saturated carbocycles. The molecule has 0 bridgehead atoms. The number of anilines is 1. The van der Waals surface area contributed by atoms with E-state index in [9.17, 15) is 4.79 Å². The SMILES string of the molecule is CCNC(=O)Nc1ccc(/C=C\c2cc(OC)c(OC)c(OC)c2)cc1. The molecule has 0 spiro atoms. The molecule has 0 aliphatic rings. The Bertz CT molecular complexity index is 745. The summed E-state index contributed by atoms with van der Waals surface area (Å²) in [5, 5.41) is 5.45. The first-order chi connectivity index (χ1) is 12.6. The van der Waals surface area contributed by atoms with Crippen molar-refractivity contribution in [2.75, 3.05) is 33.2 Å². The zero-order chi connectivity index (χ0) is 18.9. The van der Waals surface area contributed by atoms with Crippen molar-refractivity contribution in [1.82, 2.24) is 5.32 Å². The monoisotopic (exact) mass is 356 g/mol. The molecule has 0 aliphatic carbocycles. The first-order valence-electron chi connectivity index (χ1n) is 8.24. The third-order valence-corrected chi connectivity index (χ3v) is 3.66. The van der Waals surface area contributed by atoms with Crippen LogP contribution in [0.4, 0.5) is 10.5 Å². The quantitative estimate of drug-likeness (QED) is 0.735. The molecule has 0 fully saturated rings. The van der Waals surface area contributed by atoms with Gasteiger partial charge in [0, 0.05) is 12.2 Å². The molecular formula is C20H24N2O4. The van der Waals surface area contributed by atoms with Crippen molar-refractivity contribution in [3.8, 4) is 17.2 Å². The van der Waals surface area contributed by atoms with Crippen LogP contribution in [0, 0.1) is 0 Å². The van der Waals surface area contributed by atoms with Crippen LogP contribution in [0.3, 0.4) is 0 Å². The zero-order valence-corrected chi connectivity index (χ0v) is 15.5. The van der Waals surface area contributed by atoms with Gasteiger partial charge in [-0.25, -0.2) is 4.79 Å². The van der Waals surface area contributed by atoms with Crippen LogP contribution in [-0.2, 0) is 0 Å². The Morgan fingerprint density at radius 3 is 2.00 bits per heavy atom. The van der Waals surface area contributed by atoms with E-state index in [4.69, 9.17) is 14.2 Å². The van der Waals surface area contributed by atoms with Gasteiger partial charge in [0.25, 0.3) is 0 Å². The number of benzene rings is 2. The van der Waals surface area contributed by atoms with E-state index in [0.717, 1.165) is 16.8 Å². The number of carbonyl (C=O) groups excluding carboxylic acids is 1. The third kappa shape index (κ3) is 4.92. The second kappa shape index (κ2) is 9.36. The molecule has 0 atom stereocenters. The molecule has 6 nitrogen and oxygen atoms in total. The van der Waals surface area contributed by atoms with E-state index >= 15 is 0 Å². The second-order valence-corrected chi connectivity index (χ2v) is 5.40. The summed E-state index contributed by atoms with van der Waals surface area (Å²) in [6, 6.07) is 11.1. The lowest BCUT2D eigenvalue weighted by Gasteiger charge is -2.12. The predicted molar refractivity (Wildman–Crippen MR) is 104 cm³/mol. The summed E-state index contributed by atoms with van der Waals surface area (Å²) < 4.78 is 16.0.